The van der Waals surface area contributed by atoms with Gasteiger partial charge in [-0.05, 0) is 43.5 Å². The third-order valence-electron chi connectivity index (χ3n) is 3.18. The van der Waals surface area contributed by atoms with Crippen molar-refractivity contribution in [2.75, 3.05) is 13.2 Å². The lowest BCUT2D eigenvalue weighted by molar-refractivity contribution is 0.176. The number of aliphatic hydroxyl groups is 1. The summed E-state index contributed by atoms with van der Waals surface area (Å²) in [6, 6.07) is 5.07. The van der Waals surface area contributed by atoms with Gasteiger partial charge < -0.3 is 10.4 Å². The lowest BCUT2D eigenvalue weighted by atomic mass is 9.90. The zero-order chi connectivity index (χ0) is 11.6. The van der Waals surface area contributed by atoms with Crippen molar-refractivity contribution in [2.45, 2.75) is 24.8 Å². The highest BCUT2D eigenvalue weighted by atomic mass is 79.9. The fourth-order valence-electron chi connectivity index (χ4n) is 2.24. The minimum absolute atomic E-state index is 0.0580. The molecular weight excluding hydrogens is 273 g/mol. The van der Waals surface area contributed by atoms with E-state index in [4.69, 9.17) is 0 Å². The summed E-state index contributed by atoms with van der Waals surface area (Å²) in [4.78, 5) is 0. The highest BCUT2D eigenvalue weighted by molar-refractivity contribution is 9.10. The van der Waals surface area contributed by atoms with E-state index in [2.05, 4.69) is 21.2 Å². The van der Waals surface area contributed by atoms with Crippen LogP contribution in [0.25, 0.3) is 0 Å². The SMILES string of the molecule is OCC1(Cc2ccc(Br)cc2F)CCCN1. The van der Waals surface area contributed by atoms with Gasteiger partial charge in [0.05, 0.1) is 6.61 Å². The molecule has 0 spiro atoms. The van der Waals surface area contributed by atoms with E-state index >= 15 is 0 Å². The Kier molecular flexibility index (Phi) is 3.62. The Morgan fingerprint density at radius 2 is 2.31 bits per heavy atom. The van der Waals surface area contributed by atoms with Crippen LogP contribution in [0.15, 0.2) is 22.7 Å². The second kappa shape index (κ2) is 4.82. The minimum Gasteiger partial charge on any atom is -0.394 e. The van der Waals surface area contributed by atoms with Gasteiger partial charge in [0, 0.05) is 10.0 Å². The van der Waals surface area contributed by atoms with Crippen LogP contribution in [0.4, 0.5) is 4.39 Å². The molecular formula is C12H15BrFNO. The largest absolute Gasteiger partial charge is 0.394 e. The van der Waals surface area contributed by atoms with Gasteiger partial charge >= 0.3 is 0 Å². The first-order chi connectivity index (χ1) is 7.65. The van der Waals surface area contributed by atoms with Crippen molar-refractivity contribution in [3.63, 3.8) is 0 Å². The maximum absolute atomic E-state index is 13.7. The van der Waals surface area contributed by atoms with Crippen LogP contribution in [0, 0.1) is 5.82 Å². The Morgan fingerprint density at radius 3 is 2.88 bits per heavy atom. The number of aliphatic hydroxyl groups excluding tert-OH is 1. The number of nitrogens with one attached hydrogen (secondary N) is 1. The Labute approximate surface area is 103 Å². The number of rotatable bonds is 3. The van der Waals surface area contributed by atoms with Gasteiger partial charge in [0.25, 0.3) is 0 Å². The molecule has 1 saturated heterocycles. The molecule has 1 atom stereocenters. The van der Waals surface area contributed by atoms with Crippen LogP contribution in [0.1, 0.15) is 18.4 Å². The molecule has 4 heteroatoms. The molecule has 1 fully saturated rings. The number of hydrogen-bond acceptors (Lipinski definition) is 2. The molecule has 1 aliphatic rings. The zero-order valence-electron chi connectivity index (χ0n) is 8.97. The van der Waals surface area contributed by atoms with Crippen LogP contribution in [0.3, 0.4) is 0 Å². The van der Waals surface area contributed by atoms with Gasteiger partial charge in [-0.15, -0.1) is 0 Å². The monoisotopic (exact) mass is 287 g/mol. The lowest BCUT2D eigenvalue weighted by Gasteiger charge is -2.27. The van der Waals surface area contributed by atoms with Crippen molar-refractivity contribution in [1.29, 1.82) is 0 Å². The smallest absolute Gasteiger partial charge is 0.127 e. The third-order valence-corrected chi connectivity index (χ3v) is 3.67. The molecule has 0 saturated carbocycles. The Balaban J connectivity index is 2.19. The van der Waals surface area contributed by atoms with Crippen LogP contribution < -0.4 is 5.32 Å². The van der Waals surface area contributed by atoms with Gasteiger partial charge in [0.15, 0.2) is 0 Å². The van der Waals surface area contributed by atoms with E-state index in [-0.39, 0.29) is 18.0 Å². The van der Waals surface area contributed by atoms with Crippen LogP contribution in [-0.2, 0) is 6.42 Å². The fraction of sp³-hybridized carbons (Fsp3) is 0.500. The maximum atomic E-state index is 13.7. The van der Waals surface area contributed by atoms with Gasteiger partial charge in [-0.1, -0.05) is 22.0 Å². The van der Waals surface area contributed by atoms with Crippen molar-refractivity contribution in [3.05, 3.63) is 34.1 Å². The van der Waals surface area contributed by atoms with E-state index in [0.717, 1.165) is 23.9 Å². The first kappa shape index (κ1) is 12.0. The molecule has 0 radical (unpaired) electrons. The molecule has 0 bridgehead atoms. The molecule has 1 unspecified atom stereocenters. The maximum Gasteiger partial charge on any atom is 0.127 e. The molecule has 88 valence electrons. The number of benzene rings is 1. The minimum atomic E-state index is -0.325. The number of halogens is 2. The predicted octanol–water partition coefficient (Wildman–Crippen LogP) is 2.25. The highest BCUT2D eigenvalue weighted by Crippen LogP contribution is 2.26. The lowest BCUT2D eigenvalue weighted by Crippen LogP contribution is -2.45. The molecule has 1 aromatic carbocycles. The molecule has 2 N–H and O–H groups in total. The van der Waals surface area contributed by atoms with E-state index in [9.17, 15) is 9.50 Å². The van der Waals surface area contributed by atoms with Crippen molar-refractivity contribution in [1.82, 2.24) is 5.32 Å². The Morgan fingerprint density at radius 1 is 1.50 bits per heavy atom. The van der Waals surface area contributed by atoms with Gasteiger partial charge in [0.1, 0.15) is 5.82 Å². The van der Waals surface area contributed by atoms with Crippen molar-refractivity contribution < 1.29 is 9.50 Å². The van der Waals surface area contributed by atoms with Gasteiger partial charge in [-0.2, -0.15) is 0 Å². The number of hydrogen-bond donors (Lipinski definition) is 2. The van der Waals surface area contributed by atoms with E-state index in [1.54, 1.807) is 6.07 Å². The molecule has 0 amide bonds. The Bertz CT molecular complexity index is 377. The molecule has 0 aromatic heterocycles. The molecule has 2 nitrogen and oxygen atoms in total. The molecule has 2 rings (SSSR count). The molecule has 1 aromatic rings. The average Bonchev–Trinajstić information content (AvgIpc) is 2.72. The standard InChI is InChI=1S/C12H15BrFNO/c13-10-3-2-9(11(14)6-10)7-12(8-16)4-1-5-15-12/h2-3,6,15-16H,1,4-5,7-8H2. The van der Waals surface area contributed by atoms with Crippen LogP contribution >= 0.6 is 15.9 Å². The van der Waals surface area contributed by atoms with Crippen molar-refractivity contribution in [3.8, 4) is 0 Å². The third kappa shape index (κ3) is 2.44. The summed E-state index contributed by atoms with van der Waals surface area (Å²) < 4.78 is 14.4. The molecule has 16 heavy (non-hydrogen) atoms. The van der Waals surface area contributed by atoms with E-state index in [1.165, 1.54) is 6.07 Å². The summed E-state index contributed by atoms with van der Waals surface area (Å²) in [7, 11) is 0. The van der Waals surface area contributed by atoms with Crippen molar-refractivity contribution in [2.24, 2.45) is 0 Å². The second-order valence-electron chi connectivity index (χ2n) is 4.38. The summed E-state index contributed by atoms with van der Waals surface area (Å²) in [5, 5.41) is 12.7. The van der Waals surface area contributed by atoms with E-state index in [0.29, 0.717) is 12.0 Å². The predicted molar refractivity (Wildman–Crippen MR) is 64.9 cm³/mol. The molecule has 1 aliphatic heterocycles. The second-order valence-corrected chi connectivity index (χ2v) is 5.30. The zero-order valence-corrected chi connectivity index (χ0v) is 10.6. The molecule has 1 heterocycles. The summed E-state index contributed by atoms with van der Waals surface area (Å²) in [5.74, 6) is -0.212. The first-order valence-corrected chi connectivity index (χ1v) is 6.24. The topological polar surface area (TPSA) is 32.3 Å². The van der Waals surface area contributed by atoms with Crippen LogP contribution in [0.2, 0.25) is 0 Å². The quantitative estimate of drug-likeness (QED) is 0.894. The normalized spacial score (nSPS) is 24.9. The van der Waals surface area contributed by atoms with Crippen LogP contribution in [0.5, 0.6) is 0 Å². The first-order valence-electron chi connectivity index (χ1n) is 5.45. The highest BCUT2D eigenvalue weighted by Gasteiger charge is 2.33. The molecule has 0 aliphatic carbocycles. The van der Waals surface area contributed by atoms with Crippen LogP contribution in [-0.4, -0.2) is 23.8 Å². The Hall–Kier alpha value is -0.450. The fourth-order valence-corrected chi connectivity index (χ4v) is 2.57. The summed E-state index contributed by atoms with van der Waals surface area (Å²) in [6.45, 7) is 0.960. The van der Waals surface area contributed by atoms with Gasteiger partial charge in [0.2, 0.25) is 0 Å². The van der Waals surface area contributed by atoms with E-state index < -0.39 is 0 Å². The van der Waals surface area contributed by atoms with Gasteiger partial charge in [-0.25, -0.2) is 4.39 Å². The average molecular weight is 288 g/mol. The van der Waals surface area contributed by atoms with E-state index in [1.807, 2.05) is 6.07 Å². The summed E-state index contributed by atoms with van der Waals surface area (Å²) in [6.07, 6.45) is 2.49. The van der Waals surface area contributed by atoms with Crippen molar-refractivity contribution >= 4 is 15.9 Å². The van der Waals surface area contributed by atoms with Gasteiger partial charge in [-0.3, -0.25) is 0 Å². The summed E-state index contributed by atoms with van der Waals surface area (Å²) >= 11 is 3.23. The summed E-state index contributed by atoms with van der Waals surface area (Å²) in [5.41, 5.74) is 0.334.